The van der Waals surface area contributed by atoms with Gasteiger partial charge in [0.15, 0.2) is 5.75 Å². The second-order valence-electron chi connectivity index (χ2n) is 5.41. The third kappa shape index (κ3) is 4.37. The standard InChI is InChI=1S/C20H18ClNO3/c1-24-15-8-10-16(11-9-15)25-17-5-2-4-14(12-17)13-22-19-7-3-6-18(21)20(19)23/h2-12,22-23H,13H2,1H3. The Kier molecular flexibility index (Phi) is 5.31. The van der Waals surface area contributed by atoms with Crippen molar-refractivity contribution in [3.63, 3.8) is 0 Å². The van der Waals surface area contributed by atoms with Gasteiger partial charge in [-0.3, -0.25) is 0 Å². The van der Waals surface area contributed by atoms with Gasteiger partial charge in [0, 0.05) is 6.54 Å². The second kappa shape index (κ2) is 7.81. The monoisotopic (exact) mass is 355 g/mol. The van der Waals surface area contributed by atoms with E-state index in [2.05, 4.69) is 5.32 Å². The highest BCUT2D eigenvalue weighted by molar-refractivity contribution is 6.32. The molecule has 5 heteroatoms. The molecule has 0 spiro atoms. The first-order valence-corrected chi connectivity index (χ1v) is 8.16. The topological polar surface area (TPSA) is 50.7 Å². The quantitative estimate of drug-likeness (QED) is 0.576. The molecule has 3 rings (SSSR count). The van der Waals surface area contributed by atoms with Crippen LogP contribution >= 0.6 is 11.6 Å². The Morgan fingerprint density at radius 3 is 2.40 bits per heavy atom. The fourth-order valence-corrected chi connectivity index (χ4v) is 2.53. The van der Waals surface area contributed by atoms with Crippen LogP contribution in [-0.2, 0) is 6.54 Å². The van der Waals surface area contributed by atoms with Crippen LogP contribution in [0, 0.1) is 0 Å². The molecule has 3 aromatic rings. The summed E-state index contributed by atoms with van der Waals surface area (Å²) < 4.78 is 11.0. The maximum absolute atomic E-state index is 9.94. The number of phenols is 1. The first-order chi connectivity index (χ1) is 12.2. The van der Waals surface area contributed by atoms with Crippen LogP contribution in [0.4, 0.5) is 5.69 Å². The third-order valence-corrected chi connectivity index (χ3v) is 3.97. The molecule has 0 aromatic heterocycles. The number of halogens is 1. The maximum Gasteiger partial charge on any atom is 0.157 e. The zero-order valence-electron chi connectivity index (χ0n) is 13.7. The Morgan fingerprint density at radius 2 is 1.64 bits per heavy atom. The van der Waals surface area contributed by atoms with E-state index in [1.165, 1.54) is 0 Å². The summed E-state index contributed by atoms with van der Waals surface area (Å²) in [6.45, 7) is 0.535. The summed E-state index contributed by atoms with van der Waals surface area (Å²) in [6.07, 6.45) is 0. The van der Waals surface area contributed by atoms with Crippen LogP contribution in [0.15, 0.2) is 66.7 Å². The van der Waals surface area contributed by atoms with Crippen LogP contribution < -0.4 is 14.8 Å². The molecule has 0 aliphatic carbocycles. The summed E-state index contributed by atoms with van der Waals surface area (Å²) in [6, 6.07) is 20.4. The van der Waals surface area contributed by atoms with Crippen molar-refractivity contribution in [1.29, 1.82) is 0 Å². The van der Waals surface area contributed by atoms with Crippen molar-refractivity contribution in [1.82, 2.24) is 0 Å². The predicted octanol–water partition coefficient (Wildman–Crippen LogP) is 5.46. The number of anilines is 1. The Balaban J connectivity index is 1.67. The van der Waals surface area contributed by atoms with Gasteiger partial charge in [0.25, 0.3) is 0 Å². The smallest absolute Gasteiger partial charge is 0.157 e. The van der Waals surface area contributed by atoms with Gasteiger partial charge in [0.1, 0.15) is 17.2 Å². The highest BCUT2D eigenvalue weighted by atomic mass is 35.5. The molecule has 0 radical (unpaired) electrons. The molecular weight excluding hydrogens is 338 g/mol. The molecule has 3 aromatic carbocycles. The van der Waals surface area contributed by atoms with Gasteiger partial charge in [-0.05, 0) is 54.1 Å². The highest BCUT2D eigenvalue weighted by Gasteiger charge is 2.05. The lowest BCUT2D eigenvalue weighted by Gasteiger charge is -2.11. The van der Waals surface area contributed by atoms with Gasteiger partial charge >= 0.3 is 0 Å². The summed E-state index contributed by atoms with van der Waals surface area (Å²) in [4.78, 5) is 0. The summed E-state index contributed by atoms with van der Waals surface area (Å²) in [7, 11) is 1.63. The first-order valence-electron chi connectivity index (χ1n) is 7.78. The van der Waals surface area contributed by atoms with Crippen molar-refractivity contribution in [3.05, 3.63) is 77.3 Å². The lowest BCUT2D eigenvalue weighted by molar-refractivity contribution is 0.413. The molecule has 25 heavy (non-hydrogen) atoms. The van der Waals surface area contributed by atoms with E-state index in [4.69, 9.17) is 21.1 Å². The van der Waals surface area contributed by atoms with E-state index in [0.29, 0.717) is 17.3 Å². The zero-order chi connectivity index (χ0) is 17.6. The fourth-order valence-electron chi connectivity index (χ4n) is 2.35. The minimum absolute atomic E-state index is 0.0507. The maximum atomic E-state index is 9.94. The molecule has 0 fully saturated rings. The Morgan fingerprint density at radius 1 is 0.920 bits per heavy atom. The number of rotatable bonds is 6. The van der Waals surface area contributed by atoms with Crippen LogP contribution in [0.1, 0.15) is 5.56 Å². The fraction of sp³-hybridized carbons (Fsp3) is 0.100. The van der Waals surface area contributed by atoms with E-state index in [9.17, 15) is 5.11 Å². The second-order valence-corrected chi connectivity index (χ2v) is 5.82. The van der Waals surface area contributed by atoms with E-state index in [0.717, 1.165) is 22.8 Å². The molecular formula is C20H18ClNO3. The number of nitrogens with one attached hydrogen (secondary N) is 1. The minimum Gasteiger partial charge on any atom is -0.504 e. The van der Waals surface area contributed by atoms with Gasteiger partial charge in [0.2, 0.25) is 0 Å². The van der Waals surface area contributed by atoms with E-state index < -0.39 is 0 Å². The van der Waals surface area contributed by atoms with Gasteiger partial charge in [-0.1, -0.05) is 29.8 Å². The Hall–Kier alpha value is -2.85. The average molecular weight is 356 g/mol. The number of para-hydroxylation sites is 1. The van der Waals surface area contributed by atoms with E-state index in [1.807, 2.05) is 48.5 Å². The molecule has 0 atom stereocenters. The molecule has 0 amide bonds. The average Bonchev–Trinajstić information content (AvgIpc) is 2.64. The number of methoxy groups -OCH3 is 1. The van der Waals surface area contributed by atoms with Crippen LogP contribution in [0.2, 0.25) is 5.02 Å². The van der Waals surface area contributed by atoms with E-state index in [-0.39, 0.29) is 5.75 Å². The van der Waals surface area contributed by atoms with Crippen molar-refractivity contribution in [3.8, 4) is 23.0 Å². The predicted molar refractivity (Wildman–Crippen MR) is 100.0 cm³/mol. The summed E-state index contributed by atoms with van der Waals surface area (Å²) in [5, 5.41) is 13.4. The molecule has 4 nitrogen and oxygen atoms in total. The Labute approximate surface area is 151 Å². The Bertz CT molecular complexity index is 850. The molecule has 128 valence electrons. The van der Waals surface area contributed by atoms with Gasteiger partial charge in [-0.25, -0.2) is 0 Å². The van der Waals surface area contributed by atoms with Gasteiger partial charge in [-0.2, -0.15) is 0 Å². The first kappa shape index (κ1) is 17.0. The summed E-state index contributed by atoms with van der Waals surface area (Å²) in [5.41, 5.74) is 1.61. The van der Waals surface area contributed by atoms with Crippen molar-refractivity contribution in [2.24, 2.45) is 0 Å². The molecule has 0 aliphatic rings. The third-order valence-electron chi connectivity index (χ3n) is 3.66. The molecule has 0 aliphatic heterocycles. The number of hydrogen-bond acceptors (Lipinski definition) is 4. The van der Waals surface area contributed by atoms with Crippen LogP contribution in [0.5, 0.6) is 23.0 Å². The molecule has 2 N–H and O–H groups in total. The lowest BCUT2D eigenvalue weighted by atomic mass is 10.2. The van der Waals surface area contributed by atoms with Crippen molar-refractivity contribution in [2.75, 3.05) is 12.4 Å². The van der Waals surface area contributed by atoms with E-state index >= 15 is 0 Å². The molecule has 0 unspecified atom stereocenters. The number of aromatic hydroxyl groups is 1. The molecule has 0 saturated carbocycles. The van der Waals surface area contributed by atoms with Crippen molar-refractivity contribution < 1.29 is 14.6 Å². The summed E-state index contributed by atoms with van der Waals surface area (Å²) >= 11 is 5.91. The SMILES string of the molecule is COc1ccc(Oc2cccc(CNc3cccc(Cl)c3O)c2)cc1. The van der Waals surface area contributed by atoms with Crippen LogP contribution in [0.25, 0.3) is 0 Å². The number of benzene rings is 3. The largest absolute Gasteiger partial charge is 0.504 e. The van der Waals surface area contributed by atoms with Crippen LogP contribution in [-0.4, -0.2) is 12.2 Å². The summed E-state index contributed by atoms with van der Waals surface area (Å²) in [5.74, 6) is 2.31. The van der Waals surface area contributed by atoms with E-state index in [1.54, 1.807) is 25.3 Å². The van der Waals surface area contributed by atoms with Gasteiger partial charge < -0.3 is 19.9 Å². The number of hydrogen-bond donors (Lipinski definition) is 2. The lowest BCUT2D eigenvalue weighted by Crippen LogP contribution is -2.00. The number of phenolic OH excluding ortho intramolecular Hbond substituents is 1. The molecule has 0 heterocycles. The van der Waals surface area contributed by atoms with Gasteiger partial charge in [0.05, 0.1) is 17.8 Å². The van der Waals surface area contributed by atoms with Crippen molar-refractivity contribution in [2.45, 2.75) is 6.54 Å². The highest BCUT2D eigenvalue weighted by Crippen LogP contribution is 2.31. The normalized spacial score (nSPS) is 10.3. The zero-order valence-corrected chi connectivity index (χ0v) is 14.5. The van der Waals surface area contributed by atoms with Crippen LogP contribution in [0.3, 0.4) is 0 Å². The number of ether oxygens (including phenoxy) is 2. The molecule has 0 saturated heterocycles. The minimum atomic E-state index is 0.0507. The molecule has 0 bridgehead atoms. The van der Waals surface area contributed by atoms with Crippen molar-refractivity contribution >= 4 is 17.3 Å². The van der Waals surface area contributed by atoms with Gasteiger partial charge in [-0.15, -0.1) is 0 Å².